The number of rotatable bonds is 4. The van der Waals surface area contributed by atoms with E-state index in [1.165, 1.54) is 0 Å². The van der Waals surface area contributed by atoms with E-state index in [4.69, 9.17) is 0 Å². The zero-order valence-corrected chi connectivity index (χ0v) is 11.9. The summed E-state index contributed by atoms with van der Waals surface area (Å²) in [6.45, 7) is -0.852. The molecule has 0 saturated carbocycles. The topological polar surface area (TPSA) is 9.23 Å². The molecule has 0 rings (SSSR count). The highest BCUT2D eigenvalue weighted by atomic mass is 19.4. The molecule has 25 heavy (non-hydrogen) atoms. The Morgan fingerprint density at radius 2 is 0.600 bits per heavy atom. The summed E-state index contributed by atoms with van der Waals surface area (Å²) in [5.41, 5.74) is -12.7. The summed E-state index contributed by atoms with van der Waals surface area (Å²) in [7, 11) is 0. The van der Waals surface area contributed by atoms with E-state index in [-0.39, 0.29) is 0 Å². The summed E-state index contributed by atoms with van der Waals surface area (Å²) in [6.07, 6.45) is -35.2. The van der Waals surface area contributed by atoms with Gasteiger partial charge in [-0.05, 0) is 13.8 Å². The zero-order valence-electron chi connectivity index (χ0n) is 11.9. The van der Waals surface area contributed by atoms with Crippen LogP contribution < -0.4 is 0 Å². The van der Waals surface area contributed by atoms with Gasteiger partial charge in [0.25, 0.3) is 0 Å². The van der Waals surface area contributed by atoms with Crippen LogP contribution in [-0.4, -0.2) is 48.3 Å². The monoisotopic (exact) mass is 410 g/mol. The van der Waals surface area contributed by atoms with Crippen LogP contribution in [0.2, 0.25) is 0 Å². The fourth-order valence-corrected chi connectivity index (χ4v) is 1.74. The molecule has 0 N–H and O–H groups in total. The third-order valence-corrected chi connectivity index (χ3v) is 3.18. The number of ether oxygens (including phenoxy) is 1. The minimum absolute atomic E-state index is 0.426. The van der Waals surface area contributed by atoms with Gasteiger partial charge in [-0.2, -0.15) is 52.7 Å². The molecule has 0 aliphatic heterocycles. The largest absolute Gasteiger partial charge is 0.434 e. The van der Waals surface area contributed by atoms with Gasteiger partial charge in [-0.1, -0.05) is 0 Å². The fourth-order valence-electron chi connectivity index (χ4n) is 1.74. The highest BCUT2D eigenvalue weighted by molar-refractivity contribution is 5.03. The molecule has 0 aromatic rings. The molecular weight excluding hydrogens is 402 g/mol. The maximum absolute atomic E-state index is 13.5. The molecule has 0 radical (unpaired) electrons. The van der Waals surface area contributed by atoms with Crippen LogP contribution in [0.4, 0.5) is 61.5 Å². The summed E-state index contributed by atoms with van der Waals surface area (Å²) >= 11 is 0. The first-order valence-electron chi connectivity index (χ1n) is 5.85. The number of alkyl halides is 14. The molecule has 152 valence electrons. The second-order valence-electron chi connectivity index (χ2n) is 4.84. The van der Waals surface area contributed by atoms with Crippen LogP contribution >= 0.6 is 0 Å². The summed E-state index contributed by atoms with van der Waals surface area (Å²) in [6, 6.07) is 0. The molecule has 0 bridgehead atoms. The second-order valence-corrected chi connectivity index (χ2v) is 4.84. The molecule has 0 fully saturated rings. The van der Waals surface area contributed by atoms with Crippen LogP contribution in [-0.2, 0) is 4.74 Å². The number of hydrogen-bond acceptors (Lipinski definition) is 1. The van der Waals surface area contributed by atoms with Gasteiger partial charge in [-0.25, -0.2) is 8.78 Å². The van der Waals surface area contributed by atoms with Gasteiger partial charge < -0.3 is 4.74 Å². The third kappa shape index (κ3) is 3.89. The molecule has 15 heteroatoms. The van der Waals surface area contributed by atoms with Gasteiger partial charge in [0.2, 0.25) is 0 Å². The number of hydrogen-bond donors (Lipinski definition) is 0. The quantitative estimate of drug-likeness (QED) is 0.561. The Hall–Kier alpha value is -1.02. The van der Waals surface area contributed by atoms with E-state index < -0.39 is 62.1 Å². The Balaban J connectivity index is 5.98. The van der Waals surface area contributed by atoms with Crippen LogP contribution in [0.15, 0.2) is 0 Å². The molecule has 0 heterocycles. The lowest BCUT2D eigenvalue weighted by Gasteiger charge is -2.39. The van der Waals surface area contributed by atoms with E-state index in [1.54, 1.807) is 0 Å². The van der Waals surface area contributed by atoms with Gasteiger partial charge in [-0.3, -0.25) is 0 Å². The van der Waals surface area contributed by atoms with Gasteiger partial charge in [-0.15, -0.1) is 0 Å². The standard InChI is InChI=1S/C10H8F14O/c1-3(5(11,7(13,14)15)8(16,17)18)25-4(2)6(12,9(19,20)21)10(22,23)24/h3-4H,1-2H3. The number of halogens is 14. The lowest BCUT2D eigenvalue weighted by molar-refractivity contribution is -0.394. The Kier molecular flexibility index (Phi) is 6.04. The normalized spacial score (nSPS) is 18.2. The summed E-state index contributed by atoms with van der Waals surface area (Å²) in [5.74, 6) is 0. The maximum atomic E-state index is 13.5. The van der Waals surface area contributed by atoms with Crippen molar-refractivity contribution in [2.45, 2.75) is 62.1 Å². The minimum atomic E-state index is -6.82. The average Bonchev–Trinajstić information content (AvgIpc) is 2.30. The van der Waals surface area contributed by atoms with Crippen molar-refractivity contribution < 1.29 is 66.2 Å². The predicted molar refractivity (Wildman–Crippen MR) is 51.9 cm³/mol. The SMILES string of the molecule is CC(OC(C)C(F)(C(F)(F)F)C(F)(F)F)C(F)(C(F)(F)F)C(F)(F)F. The Morgan fingerprint density at radius 1 is 0.440 bits per heavy atom. The molecule has 0 saturated heterocycles. The summed E-state index contributed by atoms with van der Waals surface area (Å²) in [5, 5.41) is 0. The Labute approximate surface area is 129 Å². The predicted octanol–water partition coefficient (Wildman–Crippen LogP) is 5.45. The van der Waals surface area contributed by atoms with Crippen molar-refractivity contribution in [2.75, 3.05) is 0 Å². The maximum Gasteiger partial charge on any atom is 0.434 e. The smallest absolute Gasteiger partial charge is 0.367 e. The van der Waals surface area contributed by atoms with Gasteiger partial charge in [0, 0.05) is 0 Å². The molecule has 1 nitrogen and oxygen atoms in total. The minimum Gasteiger partial charge on any atom is -0.367 e. The Bertz CT molecular complexity index is 384. The first-order chi connectivity index (χ1) is 10.5. The van der Waals surface area contributed by atoms with E-state index in [0.717, 1.165) is 0 Å². The molecule has 0 amide bonds. The summed E-state index contributed by atoms with van der Waals surface area (Å²) < 4.78 is 178. The lowest BCUT2D eigenvalue weighted by atomic mass is 9.95. The van der Waals surface area contributed by atoms with Crippen molar-refractivity contribution in [3.05, 3.63) is 0 Å². The molecule has 0 aliphatic carbocycles. The van der Waals surface area contributed by atoms with Gasteiger partial charge in [0.1, 0.15) is 12.2 Å². The van der Waals surface area contributed by atoms with Crippen molar-refractivity contribution in [3.8, 4) is 0 Å². The Morgan fingerprint density at radius 3 is 0.720 bits per heavy atom. The van der Waals surface area contributed by atoms with Gasteiger partial charge in [0.05, 0.1) is 0 Å². The zero-order chi connectivity index (χ0) is 20.9. The highest BCUT2D eigenvalue weighted by Crippen LogP contribution is 2.52. The van der Waals surface area contributed by atoms with E-state index in [1.807, 2.05) is 0 Å². The van der Waals surface area contributed by atoms with Crippen molar-refractivity contribution in [2.24, 2.45) is 0 Å². The van der Waals surface area contributed by atoms with Crippen LogP contribution in [0.25, 0.3) is 0 Å². The summed E-state index contributed by atoms with van der Waals surface area (Å²) in [4.78, 5) is 0. The van der Waals surface area contributed by atoms with E-state index in [0.29, 0.717) is 0 Å². The molecule has 0 aromatic heterocycles. The van der Waals surface area contributed by atoms with Crippen molar-refractivity contribution in [1.82, 2.24) is 0 Å². The van der Waals surface area contributed by atoms with Crippen LogP contribution in [0.3, 0.4) is 0 Å². The first kappa shape index (κ1) is 24.0. The third-order valence-electron chi connectivity index (χ3n) is 3.18. The molecule has 2 atom stereocenters. The van der Waals surface area contributed by atoms with E-state index in [2.05, 4.69) is 4.74 Å². The molecular formula is C10H8F14O. The average molecular weight is 410 g/mol. The molecule has 0 aliphatic rings. The first-order valence-corrected chi connectivity index (χ1v) is 5.85. The van der Waals surface area contributed by atoms with E-state index in [9.17, 15) is 61.5 Å². The highest BCUT2D eigenvalue weighted by Gasteiger charge is 2.79. The lowest BCUT2D eigenvalue weighted by Crippen LogP contribution is -2.65. The van der Waals surface area contributed by atoms with Crippen molar-refractivity contribution >= 4 is 0 Å². The molecule has 0 spiro atoms. The van der Waals surface area contributed by atoms with Gasteiger partial charge in [0.15, 0.2) is 0 Å². The van der Waals surface area contributed by atoms with Crippen molar-refractivity contribution in [1.29, 1.82) is 0 Å². The molecule has 2 unspecified atom stereocenters. The van der Waals surface area contributed by atoms with Crippen molar-refractivity contribution in [3.63, 3.8) is 0 Å². The van der Waals surface area contributed by atoms with E-state index >= 15 is 0 Å². The van der Waals surface area contributed by atoms with Crippen LogP contribution in [0.5, 0.6) is 0 Å². The van der Waals surface area contributed by atoms with Crippen LogP contribution in [0.1, 0.15) is 13.8 Å². The fraction of sp³-hybridized carbons (Fsp3) is 1.00. The van der Waals surface area contributed by atoms with Gasteiger partial charge >= 0.3 is 36.0 Å². The molecule has 0 aromatic carbocycles. The van der Waals surface area contributed by atoms with Crippen LogP contribution in [0, 0.1) is 0 Å². The second kappa shape index (κ2) is 6.30.